The quantitative estimate of drug-likeness (QED) is 0.827. The SMILES string of the molecule is CC1Oc2c(cccc2C(=O)N2CCC(C(=O)O)(C(F)(F)F)C2)NC1=O. The highest BCUT2D eigenvalue weighted by Gasteiger charge is 2.64. The molecule has 1 saturated heterocycles. The van der Waals surface area contributed by atoms with Crippen LogP contribution in [0.5, 0.6) is 5.75 Å². The molecule has 2 aliphatic rings. The molecular weight excluding hydrogens is 357 g/mol. The molecule has 1 fully saturated rings. The number of carboxylic acid groups (broad SMARTS) is 1. The number of amides is 2. The van der Waals surface area contributed by atoms with E-state index in [2.05, 4.69) is 5.32 Å². The molecule has 2 N–H and O–H groups in total. The number of hydrogen-bond donors (Lipinski definition) is 2. The number of anilines is 1. The van der Waals surface area contributed by atoms with E-state index < -0.39 is 48.4 Å². The van der Waals surface area contributed by atoms with Crippen LogP contribution < -0.4 is 10.1 Å². The standard InChI is InChI=1S/C16H15F3N2O5/c1-8-12(22)20-10-4-2-3-9(11(10)26-8)13(23)21-6-5-15(7-21,14(24)25)16(17,18)19/h2-4,8H,5-7H2,1H3,(H,20,22)(H,24,25). The Morgan fingerprint density at radius 3 is 2.65 bits per heavy atom. The molecule has 10 heteroatoms. The van der Waals surface area contributed by atoms with E-state index in [1.807, 2.05) is 0 Å². The van der Waals surface area contributed by atoms with Gasteiger partial charge < -0.3 is 20.1 Å². The minimum absolute atomic E-state index is 0.0299. The molecule has 2 atom stereocenters. The highest BCUT2D eigenvalue weighted by atomic mass is 19.4. The smallest absolute Gasteiger partial charge is 0.406 e. The van der Waals surface area contributed by atoms with Gasteiger partial charge >= 0.3 is 12.1 Å². The number of rotatable bonds is 2. The number of benzene rings is 1. The van der Waals surface area contributed by atoms with Crippen LogP contribution >= 0.6 is 0 Å². The number of likely N-dealkylation sites (tertiary alicyclic amines) is 1. The Morgan fingerprint density at radius 1 is 1.38 bits per heavy atom. The van der Waals surface area contributed by atoms with Crippen molar-refractivity contribution in [1.29, 1.82) is 0 Å². The highest BCUT2D eigenvalue weighted by molar-refractivity contribution is 6.04. The summed E-state index contributed by atoms with van der Waals surface area (Å²) >= 11 is 0. The maximum atomic E-state index is 13.3. The van der Waals surface area contributed by atoms with E-state index in [9.17, 15) is 27.6 Å². The van der Waals surface area contributed by atoms with Crippen molar-refractivity contribution in [2.75, 3.05) is 18.4 Å². The fourth-order valence-electron chi connectivity index (χ4n) is 3.08. The number of hydrogen-bond acceptors (Lipinski definition) is 4. The van der Waals surface area contributed by atoms with E-state index in [4.69, 9.17) is 9.84 Å². The number of nitrogens with zero attached hydrogens (tertiary/aromatic N) is 1. The zero-order valence-corrected chi connectivity index (χ0v) is 13.6. The number of aliphatic carboxylic acids is 1. The van der Waals surface area contributed by atoms with E-state index >= 15 is 0 Å². The van der Waals surface area contributed by atoms with E-state index in [1.165, 1.54) is 25.1 Å². The summed E-state index contributed by atoms with van der Waals surface area (Å²) in [5.41, 5.74) is -2.78. The topological polar surface area (TPSA) is 95.9 Å². The Kier molecular flexibility index (Phi) is 4.08. The van der Waals surface area contributed by atoms with Gasteiger partial charge in [0.15, 0.2) is 17.3 Å². The van der Waals surface area contributed by atoms with Gasteiger partial charge in [0.2, 0.25) is 0 Å². The van der Waals surface area contributed by atoms with Gasteiger partial charge in [0, 0.05) is 13.1 Å². The number of carbonyl (C=O) groups excluding carboxylic acids is 2. The van der Waals surface area contributed by atoms with Gasteiger partial charge in [-0.2, -0.15) is 13.2 Å². The summed E-state index contributed by atoms with van der Waals surface area (Å²) in [5, 5.41) is 11.6. The van der Waals surface area contributed by atoms with Crippen molar-refractivity contribution in [2.24, 2.45) is 5.41 Å². The molecule has 0 aliphatic carbocycles. The highest BCUT2D eigenvalue weighted by Crippen LogP contribution is 2.46. The van der Waals surface area contributed by atoms with Crippen LogP contribution in [0.1, 0.15) is 23.7 Å². The van der Waals surface area contributed by atoms with Gasteiger partial charge in [-0.05, 0) is 25.5 Å². The van der Waals surface area contributed by atoms with Crippen LogP contribution in [0.4, 0.5) is 18.9 Å². The Hall–Kier alpha value is -2.78. The first kappa shape index (κ1) is 18.0. The number of carbonyl (C=O) groups is 3. The Morgan fingerprint density at radius 2 is 2.08 bits per heavy atom. The summed E-state index contributed by atoms with van der Waals surface area (Å²) in [5.74, 6) is -3.14. The number of carboxylic acids is 1. The maximum absolute atomic E-state index is 13.3. The van der Waals surface area contributed by atoms with Gasteiger partial charge in [0.1, 0.15) is 0 Å². The van der Waals surface area contributed by atoms with Gasteiger partial charge in [0.25, 0.3) is 11.8 Å². The van der Waals surface area contributed by atoms with Crippen molar-refractivity contribution in [3.05, 3.63) is 23.8 Å². The Bertz CT molecular complexity index is 795. The first-order chi connectivity index (χ1) is 12.1. The summed E-state index contributed by atoms with van der Waals surface area (Å²) in [7, 11) is 0. The number of ether oxygens (including phenoxy) is 1. The number of fused-ring (bicyclic) bond motifs is 1. The molecule has 0 aromatic heterocycles. The zero-order chi connectivity index (χ0) is 19.3. The third-order valence-electron chi connectivity index (χ3n) is 4.68. The van der Waals surface area contributed by atoms with Gasteiger partial charge in [-0.3, -0.25) is 14.4 Å². The van der Waals surface area contributed by atoms with Crippen LogP contribution in [0.2, 0.25) is 0 Å². The van der Waals surface area contributed by atoms with Gasteiger partial charge in [-0.1, -0.05) is 6.07 Å². The number of halogens is 3. The van der Waals surface area contributed by atoms with E-state index in [0.717, 1.165) is 4.90 Å². The lowest BCUT2D eigenvalue weighted by atomic mass is 9.86. The predicted octanol–water partition coefficient (Wildman–Crippen LogP) is 1.89. The molecule has 0 bridgehead atoms. The molecule has 2 heterocycles. The van der Waals surface area contributed by atoms with Gasteiger partial charge in [0.05, 0.1) is 11.3 Å². The molecule has 0 radical (unpaired) electrons. The second-order valence-corrected chi connectivity index (χ2v) is 6.29. The van der Waals surface area contributed by atoms with Crippen molar-refractivity contribution in [2.45, 2.75) is 25.6 Å². The predicted molar refractivity (Wildman–Crippen MR) is 81.8 cm³/mol. The van der Waals surface area contributed by atoms with Crippen LogP contribution in [0, 0.1) is 5.41 Å². The largest absolute Gasteiger partial charge is 0.481 e. The summed E-state index contributed by atoms with van der Waals surface area (Å²) in [4.78, 5) is 36.5. The molecule has 26 heavy (non-hydrogen) atoms. The van der Waals surface area contributed by atoms with Crippen LogP contribution in [0.3, 0.4) is 0 Å². The average Bonchev–Trinajstić information content (AvgIpc) is 3.01. The molecule has 2 aliphatic heterocycles. The summed E-state index contributed by atoms with van der Waals surface area (Å²) < 4.78 is 45.3. The van der Waals surface area contributed by atoms with Crippen LogP contribution in [-0.2, 0) is 9.59 Å². The molecule has 1 aromatic rings. The molecule has 2 amide bonds. The molecular formula is C16H15F3N2O5. The number of nitrogens with one attached hydrogen (secondary N) is 1. The van der Waals surface area contributed by atoms with E-state index in [0.29, 0.717) is 0 Å². The third kappa shape index (κ3) is 2.65. The molecule has 2 unspecified atom stereocenters. The Balaban J connectivity index is 1.92. The minimum atomic E-state index is -4.98. The lowest BCUT2D eigenvalue weighted by Gasteiger charge is -2.28. The van der Waals surface area contributed by atoms with Crippen molar-refractivity contribution in [1.82, 2.24) is 4.90 Å². The lowest BCUT2D eigenvalue weighted by molar-refractivity contribution is -0.227. The molecule has 7 nitrogen and oxygen atoms in total. The van der Waals surface area contributed by atoms with Gasteiger partial charge in [-0.15, -0.1) is 0 Å². The number of alkyl halides is 3. The molecule has 140 valence electrons. The van der Waals surface area contributed by atoms with E-state index in [1.54, 1.807) is 0 Å². The Labute approximate surface area is 145 Å². The minimum Gasteiger partial charge on any atom is -0.481 e. The second kappa shape index (κ2) is 5.89. The molecule has 0 spiro atoms. The van der Waals surface area contributed by atoms with Crippen molar-refractivity contribution >= 4 is 23.5 Å². The van der Waals surface area contributed by atoms with Crippen LogP contribution in [0.15, 0.2) is 18.2 Å². The summed E-state index contributed by atoms with van der Waals surface area (Å²) in [6, 6.07) is 4.31. The monoisotopic (exact) mass is 372 g/mol. The lowest BCUT2D eigenvalue weighted by Crippen LogP contribution is -2.47. The third-order valence-corrected chi connectivity index (χ3v) is 4.68. The average molecular weight is 372 g/mol. The van der Waals surface area contributed by atoms with Gasteiger partial charge in [-0.25, -0.2) is 0 Å². The van der Waals surface area contributed by atoms with Crippen molar-refractivity contribution in [3.63, 3.8) is 0 Å². The fraction of sp³-hybridized carbons (Fsp3) is 0.438. The van der Waals surface area contributed by atoms with E-state index in [-0.39, 0.29) is 23.5 Å². The summed E-state index contributed by atoms with van der Waals surface area (Å²) in [6.07, 6.45) is -6.58. The molecule has 3 rings (SSSR count). The fourth-order valence-corrected chi connectivity index (χ4v) is 3.08. The van der Waals surface area contributed by atoms with Crippen LogP contribution in [-0.4, -0.2) is 53.2 Å². The molecule has 1 aromatic carbocycles. The number of para-hydroxylation sites is 1. The normalized spacial score (nSPS) is 25.3. The summed E-state index contributed by atoms with van der Waals surface area (Å²) in [6.45, 7) is 0.140. The second-order valence-electron chi connectivity index (χ2n) is 6.29. The van der Waals surface area contributed by atoms with Crippen LogP contribution in [0.25, 0.3) is 0 Å². The first-order valence-electron chi connectivity index (χ1n) is 7.77. The van der Waals surface area contributed by atoms with Crippen molar-refractivity contribution in [3.8, 4) is 5.75 Å². The molecule has 0 saturated carbocycles. The van der Waals surface area contributed by atoms with Crippen molar-refractivity contribution < 1.29 is 37.4 Å². The maximum Gasteiger partial charge on any atom is 0.406 e. The first-order valence-corrected chi connectivity index (χ1v) is 7.77. The zero-order valence-electron chi connectivity index (χ0n) is 13.6.